The van der Waals surface area contributed by atoms with Gasteiger partial charge in [0.1, 0.15) is 5.52 Å². The average molecular weight is 276 g/mol. The van der Waals surface area contributed by atoms with Gasteiger partial charge in [-0.05, 0) is 18.2 Å². The highest BCUT2D eigenvalue weighted by atomic mass is 35.5. The van der Waals surface area contributed by atoms with Gasteiger partial charge in [0.2, 0.25) is 11.6 Å². The minimum atomic E-state index is -0.461. The molecule has 0 radical (unpaired) electrons. The van der Waals surface area contributed by atoms with Crippen molar-refractivity contribution in [3.63, 3.8) is 0 Å². The summed E-state index contributed by atoms with van der Waals surface area (Å²) < 4.78 is 5.46. The lowest BCUT2D eigenvalue weighted by atomic mass is 10.2. The molecule has 94 valence electrons. The molecule has 0 spiro atoms. The van der Waals surface area contributed by atoms with Gasteiger partial charge in [-0.25, -0.2) is 9.97 Å². The van der Waals surface area contributed by atoms with Gasteiger partial charge in [-0.2, -0.15) is 0 Å². The Morgan fingerprint density at radius 2 is 2.00 bits per heavy atom. The molecule has 3 aromatic rings. The number of oxazole rings is 1. The fraction of sp³-hybridized carbons (Fsp3) is 0. The quantitative estimate of drug-likeness (QED) is 0.528. The second-order valence-electron chi connectivity index (χ2n) is 3.80. The number of non-ortho nitro benzene ring substituents is 1. The molecule has 0 N–H and O–H groups in total. The summed E-state index contributed by atoms with van der Waals surface area (Å²) in [7, 11) is 0. The van der Waals surface area contributed by atoms with E-state index in [2.05, 4.69) is 9.97 Å². The van der Waals surface area contributed by atoms with Gasteiger partial charge in [-0.3, -0.25) is 10.1 Å². The normalized spacial score (nSPS) is 10.8. The summed E-state index contributed by atoms with van der Waals surface area (Å²) in [5.74, 6) is 0.347. The second kappa shape index (κ2) is 4.33. The Hall–Kier alpha value is -2.47. The standard InChI is InChI=1S/C12H6ClN3O3/c13-8-5-10-12(14-6-8)19-11(15-10)7-1-3-9(4-2-7)16(17)18/h1-6H. The number of nitro groups is 1. The first-order valence-corrected chi connectivity index (χ1v) is 5.68. The number of aromatic nitrogens is 2. The Labute approximate surface area is 111 Å². The summed E-state index contributed by atoms with van der Waals surface area (Å²) in [6, 6.07) is 7.58. The highest BCUT2D eigenvalue weighted by Gasteiger charge is 2.11. The third kappa shape index (κ3) is 2.13. The van der Waals surface area contributed by atoms with Gasteiger partial charge in [0.15, 0.2) is 0 Å². The van der Waals surface area contributed by atoms with Gasteiger partial charge in [0, 0.05) is 23.9 Å². The van der Waals surface area contributed by atoms with Crippen LogP contribution in [-0.4, -0.2) is 14.9 Å². The van der Waals surface area contributed by atoms with Gasteiger partial charge in [-0.15, -0.1) is 0 Å². The Bertz CT molecular complexity index is 767. The molecule has 6 nitrogen and oxygen atoms in total. The number of halogens is 1. The van der Waals surface area contributed by atoms with Crippen LogP contribution in [0.4, 0.5) is 5.69 Å². The average Bonchev–Trinajstić information content (AvgIpc) is 2.81. The van der Waals surface area contributed by atoms with Crippen LogP contribution in [0, 0.1) is 10.1 Å². The third-order valence-electron chi connectivity index (χ3n) is 2.54. The van der Waals surface area contributed by atoms with Gasteiger partial charge in [0.25, 0.3) is 5.69 Å². The van der Waals surface area contributed by atoms with E-state index >= 15 is 0 Å². The summed E-state index contributed by atoms with van der Waals surface area (Å²) in [6.45, 7) is 0. The summed E-state index contributed by atoms with van der Waals surface area (Å²) in [5.41, 5.74) is 1.57. The molecule has 0 bridgehead atoms. The van der Waals surface area contributed by atoms with Crippen LogP contribution in [0.2, 0.25) is 5.02 Å². The van der Waals surface area contributed by atoms with Crippen molar-refractivity contribution in [3.8, 4) is 11.5 Å². The van der Waals surface area contributed by atoms with Gasteiger partial charge in [-0.1, -0.05) is 11.6 Å². The Morgan fingerprint density at radius 1 is 1.26 bits per heavy atom. The number of nitrogens with zero attached hydrogens (tertiary/aromatic N) is 3. The van der Waals surface area contributed by atoms with Crippen molar-refractivity contribution >= 4 is 28.5 Å². The van der Waals surface area contributed by atoms with E-state index in [1.165, 1.54) is 18.3 Å². The molecule has 19 heavy (non-hydrogen) atoms. The highest BCUT2D eigenvalue weighted by Crippen LogP contribution is 2.25. The molecular formula is C12H6ClN3O3. The van der Waals surface area contributed by atoms with Crippen molar-refractivity contribution in [1.82, 2.24) is 9.97 Å². The molecular weight excluding hydrogens is 270 g/mol. The molecule has 0 aliphatic carbocycles. The first-order chi connectivity index (χ1) is 9.13. The van der Waals surface area contributed by atoms with Gasteiger partial charge >= 0.3 is 0 Å². The van der Waals surface area contributed by atoms with E-state index < -0.39 is 4.92 Å². The summed E-state index contributed by atoms with van der Waals surface area (Å²) in [6.07, 6.45) is 1.47. The zero-order chi connectivity index (χ0) is 13.4. The summed E-state index contributed by atoms with van der Waals surface area (Å²) >= 11 is 5.81. The van der Waals surface area contributed by atoms with E-state index in [0.717, 1.165) is 0 Å². The molecule has 7 heteroatoms. The first-order valence-electron chi connectivity index (χ1n) is 5.30. The van der Waals surface area contributed by atoms with Gasteiger partial charge in [0.05, 0.1) is 9.95 Å². The molecule has 0 unspecified atom stereocenters. The predicted molar refractivity (Wildman–Crippen MR) is 68.9 cm³/mol. The topological polar surface area (TPSA) is 82.1 Å². The molecule has 2 heterocycles. The minimum absolute atomic E-state index is 0.0148. The lowest BCUT2D eigenvalue weighted by Crippen LogP contribution is -1.87. The van der Waals surface area contributed by atoms with E-state index in [-0.39, 0.29) is 5.69 Å². The Balaban J connectivity index is 2.06. The lowest BCUT2D eigenvalue weighted by molar-refractivity contribution is -0.384. The Kier molecular flexibility index (Phi) is 2.64. The molecule has 0 saturated carbocycles. The molecule has 0 aliphatic rings. The monoisotopic (exact) mass is 275 g/mol. The van der Waals surface area contributed by atoms with Crippen molar-refractivity contribution in [3.05, 3.63) is 51.7 Å². The molecule has 2 aromatic heterocycles. The molecule has 0 saturated heterocycles. The molecule has 1 aromatic carbocycles. The zero-order valence-corrected chi connectivity index (χ0v) is 10.2. The molecule has 0 fully saturated rings. The van der Waals surface area contributed by atoms with Crippen molar-refractivity contribution in [1.29, 1.82) is 0 Å². The van der Waals surface area contributed by atoms with Crippen molar-refractivity contribution < 1.29 is 9.34 Å². The van der Waals surface area contributed by atoms with Crippen LogP contribution in [0.1, 0.15) is 0 Å². The van der Waals surface area contributed by atoms with E-state index in [1.54, 1.807) is 18.2 Å². The minimum Gasteiger partial charge on any atom is -0.418 e. The molecule has 0 aliphatic heterocycles. The second-order valence-corrected chi connectivity index (χ2v) is 4.24. The largest absolute Gasteiger partial charge is 0.418 e. The van der Waals surface area contributed by atoms with E-state index in [0.29, 0.717) is 27.7 Å². The highest BCUT2D eigenvalue weighted by molar-refractivity contribution is 6.30. The number of nitro benzene ring substituents is 1. The van der Waals surface area contributed by atoms with Crippen LogP contribution in [0.3, 0.4) is 0 Å². The van der Waals surface area contributed by atoms with Crippen LogP contribution in [0.15, 0.2) is 40.9 Å². The Morgan fingerprint density at radius 3 is 2.68 bits per heavy atom. The number of fused-ring (bicyclic) bond motifs is 1. The van der Waals surface area contributed by atoms with E-state index in [4.69, 9.17) is 16.0 Å². The SMILES string of the molecule is O=[N+]([O-])c1ccc(-c2nc3cc(Cl)cnc3o2)cc1. The van der Waals surface area contributed by atoms with E-state index in [9.17, 15) is 10.1 Å². The van der Waals surface area contributed by atoms with Crippen molar-refractivity contribution in [2.45, 2.75) is 0 Å². The number of hydrogen-bond donors (Lipinski definition) is 0. The van der Waals surface area contributed by atoms with Crippen LogP contribution in [-0.2, 0) is 0 Å². The number of rotatable bonds is 2. The number of benzene rings is 1. The molecule has 0 atom stereocenters. The maximum absolute atomic E-state index is 10.6. The smallest absolute Gasteiger partial charge is 0.269 e. The summed E-state index contributed by atoms with van der Waals surface area (Å²) in [4.78, 5) is 18.3. The van der Waals surface area contributed by atoms with Crippen molar-refractivity contribution in [2.75, 3.05) is 0 Å². The number of pyridine rings is 1. The lowest BCUT2D eigenvalue weighted by Gasteiger charge is -1.94. The molecule has 3 rings (SSSR count). The fourth-order valence-corrected chi connectivity index (χ4v) is 1.80. The maximum Gasteiger partial charge on any atom is 0.269 e. The van der Waals surface area contributed by atoms with E-state index in [1.807, 2.05) is 0 Å². The zero-order valence-electron chi connectivity index (χ0n) is 9.41. The summed E-state index contributed by atoms with van der Waals surface area (Å²) in [5, 5.41) is 11.0. The third-order valence-corrected chi connectivity index (χ3v) is 2.75. The predicted octanol–water partition coefficient (Wildman–Crippen LogP) is 3.45. The first kappa shape index (κ1) is 11.6. The molecule has 0 amide bonds. The van der Waals surface area contributed by atoms with Crippen LogP contribution < -0.4 is 0 Å². The number of hydrogen-bond acceptors (Lipinski definition) is 5. The maximum atomic E-state index is 10.6. The van der Waals surface area contributed by atoms with Crippen LogP contribution in [0.5, 0.6) is 0 Å². The van der Waals surface area contributed by atoms with Crippen LogP contribution in [0.25, 0.3) is 22.7 Å². The van der Waals surface area contributed by atoms with Crippen molar-refractivity contribution in [2.24, 2.45) is 0 Å². The van der Waals surface area contributed by atoms with Crippen LogP contribution >= 0.6 is 11.6 Å². The van der Waals surface area contributed by atoms with Gasteiger partial charge < -0.3 is 4.42 Å². The fourth-order valence-electron chi connectivity index (χ4n) is 1.65.